The molecule has 0 spiro atoms. The highest BCUT2D eigenvalue weighted by Crippen LogP contribution is 2.23. The van der Waals surface area contributed by atoms with E-state index in [4.69, 9.17) is 0 Å². The summed E-state index contributed by atoms with van der Waals surface area (Å²) in [7, 11) is 0. The number of piperidine rings is 1. The third-order valence-electron chi connectivity index (χ3n) is 7.59. The van der Waals surface area contributed by atoms with E-state index in [0.717, 1.165) is 67.9 Å². The van der Waals surface area contributed by atoms with Gasteiger partial charge in [-0.3, -0.25) is 4.79 Å². The molecule has 1 aliphatic carbocycles. The fourth-order valence-corrected chi connectivity index (χ4v) is 5.46. The van der Waals surface area contributed by atoms with Gasteiger partial charge in [0, 0.05) is 30.2 Å². The molecule has 1 aromatic heterocycles. The van der Waals surface area contributed by atoms with Gasteiger partial charge in [0.1, 0.15) is 5.82 Å². The number of hydrogen-bond donors (Lipinski definition) is 3. The largest absolute Gasteiger partial charge is 0.361 e. The predicted molar refractivity (Wildman–Crippen MR) is 140 cm³/mol. The fourth-order valence-electron chi connectivity index (χ4n) is 5.46. The lowest BCUT2D eigenvalue weighted by Gasteiger charge is -2.32. The summed E-state index contributed by atoms with van der Waals surface area (Å²) < 4.78 is 13.6. The van der Waals surface area contributed by atoms with Gasteiger partial charge in [0.25, 0.3) is 0 Å². The number of unbranched alkanes of at least 4 members (excludes halogenated alkanes) is 1. The summed E-state index contributed by atoms with van der Waals surface area (Å²) >= 11 is 0. The van der Waals surface area contributed by atoms with Gasteiger partial charge in [-0.05, 0) is 100 Å². The van der Waals surface area contributed by atoms with Crippen LogP contribution in [-0.4, -0.2) is 55.1 Å². The minimum Gasteiger partial charge on any atom is -0.361 e. The maximum atomic E-state index is 13.6. The first kappa shape index (κ1) is 27.0. The second-order valence-electron chi connectivity index (χ2n) is 10.1. The van der Waals surface area contributed by atoms with E-state index in [1.807, 2.05) is 11.1 Å². The van der Waals surface area contributed by atoms with Crippen LogP contribution in [0.5, 0.6) is 0 Å². The lowest BCUT2D eigenvalue weighted by Crippen LogP contribution is -2.41. The van der Waals surface area contributed by atoms with Crippen LogP contribution in [0.1, 0.15) is 63.4 Å². The van der Waals surface area contributed by atoms with Crippen LogP contribution in [-0.2, 0) is 11.2 Å². The second kappa shape index (κ2) is 14.1. The summed E-state index contributed by atoms with van der Waals surface area (Å²) in [4.78, 5) is 17.9. The average molecular weight is 493 g/mol. The van der Waals surface area contributed by atoms with E-state index < -0.39 is 0 Å². The van der Waals surface area contributed by atoms with Crippen LogP contribution in [0.2, 0.25) is 0 Å². The van der Waals surface area contributed by atoms with Crippen molar-refractivity contribution in [1.82, 2.24) is 20.5 Å². The molecule has 5 nitrogen and oxygen atoms in total. The summed E-state index contributed by atoms with van der Waals surface area (Å²) in [6.45, 7) is 6.14. The van der Waals surface area contributed by atoms with Crippen molar-refractivity contribution in [2.45, 2.75) is 64.2 Å². The number of aromatic amines is 1. The molecule has 34 heavy (non-hydrogen) atoms. The first-order chi connectivity index (χ1) is 16.2. The molecule has 3 N–H and O–H groups in total. The van der Waals surface area contributed by atoms with E-state index in [1.165, 1.54) is 63.6 Å². The SMILES string of the molecule is Cl.O=C(Cc1c[nH]c2ccc(F)cc12)N1CCC(CNCCCCNCC2CCCCC2)CC1. The topological polar surface area (TPSA) is 60.2 Å². The van der Waals surface area contributed by atoms with Gasteiger partial charge in [-0.25, -0.2) is 4.39 Å². The number of fused-ring (bicyclic) bond motifs is 1. The molecule has 1 aromatic carbocycles. The zero-order valence-electron chi connectivity index (χ0n) is 20.4. The van der Waals surface area contributed by atoms with Crippen LogP contribution < -0.4 is 10.6 Å². The molecule has 190 valence electrons. The standard InChI is InChI=1S/C27H41FN4O.ClH/c28-24-8-9-26-25(17-24)23(20-31-26)16-27(33)32-14-10-22(11-15-32)19-30-13-5-4-12-29-18-21-6-2-1-3-7-21;/h8-9,17,20-22,29-31H,1-7,10-16,18-19H2;1H. The lowest BCUT2D eigenvalue weighted by molar-refractivity contribution is -0.131. The van der Waals surface area contributed by atoms with Crippen LogP contribution in [0.15, 0.2) is 24.4 Å². The molecule has 2 aliphatic rings. The summed E-state index contributed by atoms with van der Waals surface area (Å²) in [5.41, 5.74) is 1.76. The number of amides is 1. The molecule has 1 saturated carbocycles. The number of carbonyl (C=O) groups excluding carboxylic acids is 1. The fraction of sp³-hybridized carbons (Fsp3) is 0.667. The molecule has 1 amide bonds. The molecule has 2 aromatic rings. The van der Waals surface area contributed by atoms with E-state index in [1.54, 1.807) is 6.07 Å². The molecular weight excluding hydrogens is 451 g/mol. The van der Waals surface area contributed by atoms with Gasteiger partial charge in [-0.2, -0.15) is 0 Å². The maximum Gasteiger partial charge on any atom is 0.227 e. The number of carbonyl (C=O) groups is 1. The third kappa shape index (κ3) is 7.96. The molecule has 1 saturated heterocycles. The smallest absolute Gasteiger partial charge is 0.227 e. The minimum atomic E-state index is -0.264. The highest BCUT2D eigenvalue weighted by molar-refractivity contribution is 5.89. The Morgan fingerprint density at radius 2 is 1.62 bits per heavy atom. The quantitative estimate of drug-likeness (QED) is 0.385. The summed E-state index contributed by atoms with van der Waals surface area (Å²) in [5.74, 6) is 1.45. The molecule has 0 bridgehead atoms. The average Bonchev–Trinajstić information content (AvgIpc) is 3.23. The Morgan fingerprint density at radius 1 is 0.971 bits per heavy atom. The molecule has 2 fully saturated rings. The van der Waals surface area contributed by atoms with Crippen LogP contribution in [0.3, 0.4) is 0 Å². The van der Waals surface area contributed by atoms with Crippen LogP contribution in [0, 0.1) is 17.7 Å². The first-order valence-corrected chi connectivity index (χ1v) is 13.1. The number of halogens is 2. The van der Waals surface area contributed by atoms with Crippen molar-refractivity contribution in [3.05, 3.63) is 35.8 Å². The number of rotatable bonds is 11. The van der Waals surface area contributed by atoms with Gasteiger partial charge in [-0.15, -0.1) is 12.4 Å². The van der Waals surface area contributed by atoms with Crippen molar-refractivity contribution in [2.24, 2.45) is 11.8 Å². The van der Waals surface area contributed by atoms with Crippen LogP contribution >= 0.6 is 12.4 Å². The van der Waals surface area contributed by atoms with Crippen molar-refractivity contribution >= 4 is 29.2 Å². The monoisotopic (exact) mass is 492 g/mol. The second-order valence-corrected chi connectivity index (χ2v) is 10.1. The Hall–Kier alpha value is -1.63. The van der Waals surface area contributed by atoms with Crippen molar-refractivity contribution < 1.29 is 9.18 Å². The molecule has 7 heteroatoms. The number of H-pyrrole nitrogens is 1. The maximum absolute atomic E-state index is 13.6. The van der Waals surface area contributed by atoms with Gasteiger partial charge in [0.05, 0.1) is 6.42 Å². The number of hydrogen-bond acceptors (Lipinski definition) is 3. The summed E-state index contributed by atoms with van der Waals surface area (Å²) in [6.07, 6.45) is 13.9. The van der Waals surface area contributed by atoms with Crippen molar-refractivity contribution in [3.8, 4) is 0 Å². The molecule has 0 radical (unpaired) electrons. The summed E-state index contributed by atoms with van der Waals surface area (Å²) in [6, 6.07) is 4.68. The van der Waals surface area contributed by atoms with Gasteiger partial charge in [0.15, 0.2) is 0 Å². The number of likely N-dealkylation sites (tertiary alicyclic amines) is 1. The third-order valence-corrected chi connectivity index (χ3v) is 7.59. The van der Waals surface area contributed by atoms with Gasteiger partial charge in [-0.1, -0.05) is 19.3 Å². The van der Waals surface area contributed by atoms with Crippen molar-refractivity contribution in [1.29, 1.82) is 0 Å². The molecular formula is C27H42ClFN4O. The zero-order valence-corrected chi connectivity index (χ0v) is 21.2. The molecule has 2 heterocycles. The van der Waals surface area contributed by atoms with Crippen LogP contribution in [0.25, 0.3) is 10.9 Å². The Morgan fingerprint density at radius 3 is 2.29 bits per heavy atom. The first-order valence-electron chi connectivity index (χ1n) is 13.1. The Bertz CT molecular complexity index is 875. The number of aromatic nitrogens is 1. The van der Waals surface area contributed by atoms with Crippen molar-refractivity contribution in [3.63, 3.8) is 0 Å². The van der Waals surface area contributed by atoms with E-state index >= 15 is 0 Å². The predicted octanol–water partition coefficient (Wildman–Crippen LogP) is 5.05. The Kier molecular flexibility index (Phi) is 11.1. The molecule has 0 atom stereocenters. The van der Waals surface area contributed by atoms with Gasteiger partial charge >= 0.3 is 0 Å². The van der Waals surface area contributed by atoms with E-state index in [-0.39, 0.29) is 24.1 Å². The number of benzene rings is 1. The van der Waals surface area contributed by atoms with E-state index in [9.17, 15) is 9.18 Å². The Balaban J connectivity index is 0.00000324. The number of nitrogens with zero attached hydrogens (tertiary/aromatic N) is 1. The Labute approximate surface area is 210 Å². The van der Waals surface area contributed by atoms with Crippen LogP contribution in [0.4, 0.5) is 4.39 Å². The van der Waals surface area contributed by atoms with Crippen molar-refractivity contribution in [2.75, 3.05) is 39.3 Å². The van der Waals surface area contributed by atoms with E-state index in [0.29, 0.717) is 12.3 Å². The highest BCUT2D eigenvalue weighted by Gasteiger charge is 2.23. The lowest BCUT2D eigenvalue weighted by atomic mass is 9.89. The van der Waals surface area contributed by atoms with E-state index in [2.05, 4.69) is 15.6 Å². The molecule has 1 aliphatic heterocycles. The molecule has 0 unspecified atom stereocenters. The van der Waals surface area contributed by atoms with Gasteiger partial charge < -0.3 is 20.5 Å². The normalized spacial score (nSPS) is 17.7. The molecule has 4 rings (SSSR count). The zero-order chi connectivity index (χ0) is 22.9. The summed E-state index contributed by atoms with van der Waals surface area (Å²) in [5, 5.41) is 8.10. The van der Waals surface area contributed by atoms with Gasteiger partial charge in [0.2, 0.25) is 5.91 Å². The highest BCUT2D eigenvalue weighted by atomic mass is 35.5. The number of nitrogens with one attached hydrogen (secondary N) is 3. The minimum absolute atomic E-state index is 0.